The number of amides is 2. The number of aliphatic hydroxyl groups is 1. The molecule has 1 aromatic carbocycles. The topological polar surface area (TPSA) is 104 Å². The highest BCUT2D eigenvalue weighted by atomic mass is 16.3. The van der Waals surface area contributed by atoms with E-state index in [1.807, 2.05) is 37.3 Å². The number of aliphatic hydroxyl groups excluding tert-OH is 1. The van der Waals surface area contributed by atoms with Crippen molar-refractivity contribution in [2.24, 2.45) is 29.1 Å². The minimum atomic E-state index is -0.595. The summed E-state index contributed by atoms with van der Waals surface area (Å²) >= 11 is 0. The van der Waals surface area contributed by atoms with Gasteiger partial charge in [-0.1, -0.05) is 51.1 Å². The molecule has 2 aliphatic carbocycles. The number of nitrogens with one attached hydrogen (secondary N) is 2. The lowest BCUT2D eigenvalue weighted by atomic mass is 9.51. The lowest BCUT2D eigenvalue weighted by Gasteiger charge is -2.56. The summed E-state index contributed by atoms with van der Waals surface area (Å²) in [7, 11) is 0. The molecule has 0 saturated heterocycles. The SMILES string of the molecule is C[C@H]1[C@@H]2[C@@H](O)[C@H]([C@H](C)C(=O)NCc3ccccc3)CC[C@@]2(C)CC[C@@H]1NC(=O)c1cnccn1. The van der Waals surface area contributed by atoms with Crippen LogP contribution in [0.5, 0.6) is 0 Å². The number of carbonyl (C=O) groups excluding carboxylic acids is 2. The third kappa shape index (κ3) is 4.99. The van der Waals surface area contributed by atoms with E-state index in [0.717, 1.165) is 31.2 Å². The van der Waals surface area contributed by atoms with E-state index in [-0.39, 0.29) is 46.9 Å². The predicted molar refractivity (Wildman–Crippen MR) is 129 cm³/mol. The van der Waals surface area contributed by atoms with E-state index in [4.69, 9.17) is 0 Å². The van der Waals surface area contributed by atoms with Crippen LogP contribution in [0.4, 0.5) is 0 Å². The second-order valence-electron chi connectivity index (χ2n) is 10.4. The second kappa shape index (κ2) is 10.2. The molecule has 2 aliphatic rings. The van der Waals surface area contributed by atoms with Crippen LogP contribution < -0.4 is 10.6 Å². The van der Waals surface area contributed by atoms with Crippen molar-refractivity contribution < 1.29 is 14.7 Å². The van der Waals surface area contributed by atoms with Gasteiger partial charge in [-0.05, 0) is 54.4 Å². The molecule has 0 aliphatic heterocycles. The molecule has 7 nitrogen and oxygen atoms in total. The van der Waals surface area contributed by atoms with Gasteiger partial charge in [-0.15, -0.1) is 0 Å². The first-order valence-electron chi connectivity index (χ1n) is 12.4. The molecule has 0 unspecified atom stereocenters. The molecule has 0 bridgehead atoms. The summed E-state index contributed by atoms with van der Waals surface area (Å²) < 4.78 is 0. The van der Waals surface area contributed by atoms with Crippen molar-refractivity contribution in [3.63, 3.8) is 0 Å². The number of aromatic nitrogens is 2. The largest absolute Gasteiger partial charge is 0.392 e. The van der Waals surface area contributed by atoms with Crippen LogP contribution in [0.15, 0.2) is 48.9 Å². The summed E-state index contributed by atoms with van der Waals surface area (Å²) in [4.78, 5) is 33.7. The molecule has 2 aromatic rings. The summed E-state index contributed by atoms with van der Waals surface area (Å²) in [6.45, 7) is 6.79. The molecule has 4 rings (SSSR count). The summed E-state index contributed by atoms with van der Waals surface area (Å²) in [6, 6.07) is 9.80. The molecule has 0 spiro atoms. The molecule has 7 atom stereocenters. The Labute approximate surface area is 201 Å². The van der Waals surface area contributed by atoms with Gasteiger partial charge in [-0.25, -0.2) is 4.98 Å². The quantitative estimate of drug-likeness (QED) is 0.608. The van der Waals surface area contributed by atoms with Crippen molar-refractivity contribution in [3.05, 3.63) is 60.2 Å². The Kier molecular flexibility index (Phi) is 7.31. The van der Waals surface area contributed by atoms with Gasteiger partial charge in [-0.3, -0.25) is 14.6 Å². The average Bonchev–Trinajstić information content (AvgIpc) is 2.85. The van der Waals surface area contributed by atoms with Crippen LogP contribution in [0.1, 0.15) is 62.5 Å². The molecule has 2 saturated carbocycles. The summed E-state index contributed by atoms with van der Waals surface area (Å²) in [6.07, 6.45) is 7.53. The summed E-state index contributed by atoms with van der Waals surface area (Å²) in [5.74, 6) is -0.555. The van der Waals surface area contributed by atoms with Crippen LogP contribution >= 0.6 is 0 Å². The zero-order valence-electron chi connectivity index (χ0n) is 20.3. The fraction of sp³-hybridized carbons (Fsp3) is 0.556. The third-order valence-corrected chi connectivity index (χ3v) is 8.37. The maximum Gasteiger partial charge on any atom is 0.271 e. The molecule has 3 N–H and O–H groups in total. The van der Waals surface area contributed by atoms with E-state index in [9.17, 15) is 14.7 Å². The number of rotatable bonds is 6. The second-order valence-corrected chi connectivity index (χ2v) is 10.4. The molecule has 34 heavy (non-hydrogen) atoms. The number of carbonyl (C=O) groups is 2. The molecule has 2 amide bonds. The number of fused-ring (bicyclic) bond motifs is 1. The van der Waals surface area contributed by atoms with E-state index in [1.165, 1.54) is 12.4 Å². The zero-order valence-corrected chi connectivity index (χ0v) is 20.3. The van der Waals surface area contributed by atoms with Crippen LogP contribution in [-0.4, -0.2) is 39.0 Å². The number of nitrogens with zero attached hydrogens (tertiary/aromatic N) is 2. The fourth-order valence-electron chi connectivity index (χ4n) is 6.30. The Morgan fingerprint density at radius 1 is 1.18 bits per heavy atom. The molecule has 1 heterocycles. The molecule has 2 fully saturated rings. The lowest BCUT2D eigenvalue weighted by molar-refractivity contribution is -0.142. The van der Waals surface area contributed by atoms with Crippen molar-refractivity contribution in [1.29, 1.82) is 0 Å². The van der Waals surface area contributed by atoms with Crippen LogP contribution in [0.3, 0.4) is 0 Å². The molecular weight excluding hydrogens is 428 g/mol. The van der Waals surface area contributed by atoms with Gasteiger partial charge in [0.2, 0.25) is 5.91 Å². The summed E-state index contributed by atoms with van der Waals surface area (Å²) in [5.41, 5.74) is 1.36. The van der Waals surface area contributed by atoms with Crippen molar-refractivity contribution in [3.8, 4) is 0 Å². The Hall–Kier alpha value is -2.80. The average molecular weight is 465 g/mol. The van der Waals surface area contributed by atoms with Crippen LogP contribution in [-0.2, 0) is 11.3 Å². The van der Waals surface area contributed by atoms with Crippen LogP contribution in [0.2, 0.25) is 0 Å². The van der Waals surface area contributed by atoms with Gasteiger partial charge in [0.1, 0.15) is 5.69 Å². The van der Waals surface area contributed by atoms with Gasteiger partial charge in [-0.2, -0.15) is 0 Å². The Balaban J connectivity index is 1.42. The molecule has 1 aromatic heterocycles. The molecule has 0 radical (unpaired) electrons. The third-order valence-electron chi connectivity index (χ3n) is 8.37. The standard InChI is InChI=1S/C27H36N4O3/c1-17(25(33)30-15-19-7-5-4-6-8-19)20-9-11-27(3)12-10-21(18(2)23(27)24(20)32)31-26(34)22-16-28-13-14-29-22/h4-8,13-14,16-18,20-21,23-24,32H,9-12,15H2,1-3H3,(H,30,33)(H,31,34)/t17-,18+,20-,21-,23+,24-,27-/m0/s1. The zero-order chi connectivity index (χ0) is 24.3. The molecular formula is C27H36N4O3. The van der Waals surface area contributed by atoms with Crippen molar-refractivity contribution in [2.45, 2.75) is 65.1 Å². The number of hydrogen-bond donors (Lipinski definition) is 3. The van der Waals surface area contributed by atoms with Gasteiger partial charge in [0.05, 0.1) is 12.3 Å². The summed E-state index contributed by atoms with van der Waals surface area (Å²) in [5, 5.41) is 17.7. The van der Waals surface area contributed by atoms with Gasteiger partial charge in [0.25, 0.3) is 5.91 Å². The lowest BCUT2D eigenvalue weighted by Crippen LogP contribution is -2.58. The van der Waals surface area contributed by atoms with Gasteiger partial charge in [0.15, 0.2) is 0 Å². The smallest absolute Gasteiger partial charge is 0.271 e. The number of benzene rings is 1. The van der Waals surface area contributed by atoms with Crippen molar-refractivity contribution >= 4 is 11.8 Å². The minimum absolute atomic E-state index is 0.00332. The Morgan fingerprint density at radius 3 is 2.62 bits per heavy atom. The van der Waals surface area contributed by atoms with Gasteiger partial charge < -0.3 is 15.7 Å². The van der Waals surface area contributed by atoms with Crippen LogP contribution in [0.25, 0.3) is 0 Å². The minimum Gasteiger partial charge on any atom is -0.392 e. The van der Waals surface area contributed by atoms with E-state index in [1.54, 1.807) is 6.20 Å². The normalized spacial score (nSPS) is 31.7. The van der Waals surface area contributed by atoms with Gasteiger partial charge in [0, 0.05) is 30.9 Å². The van der Waals surface area contributed by atoms with Gasteiger partial charge >= 0.3 is 0 Å². The maximum absolute atomic E-state index is 13.0. The maximum atomic E-state index is 13.0. The van der Waals surface area contributed by atoms with E-state index in [0.29, 0.717) is 12.2 Å². The van der Waals surface area contributed by atoms with Crippen molar-refractivity contribution in [1.82, 2.24) is 20.6 Å². The monoisotopic (exact) mass is 464 g/mol. The number of hydrogen-bond acceptors (Lipinski definition) is 5. The van der Waals surface area contributed by atoms with E-state index < -0.39 is 6.10 Å². The predicted octanol–water partition coefficient (Wildman–Crippen LogP) is 3.35. The van der Waals surface area contributed by atoms with E-state index in [2.05, 4.69) is 34.4 Å². The highest BCUT2D eigenvalue weighted by molar-refractivity contribution is 5.92. The fourth-order valence-corrected chi connectivity index (χ4v) is 6.30. The first-order chi connectivity index (χ1) is 16.3. The highest BCUT2D eigenvalue weighted by Crippen LogP contribution is 2.55. The highest BCUT2D eigenvalue weighted by Gasteiger charge is 2.53. The Morgan fingerprint density at radius 2 is 1.91 bits per heavy atom. The molecule has 7 heteroatoms. The van der Waals surface area contributed by atoms with Crippen molar-refractivity contribution in [2.75, 3.05) is 0 Å². The van der Waals surface area contributed by atoms with Crippen LogP contribution in [0, 0.1) is 29.1 Å². The Bertz CT molecular complexity index is 986. The first-order valence-corrected chi connectivity index (χ1v) is 12.4. The molecule has 182 valence electrons. The first kappa shape index (κ1) is 24.3. The van der Waals surface area contributed by atoms with E-state index >= 15 is 0 Å².